The van der Waals surface area contributed by atoms with Crippen molar-refractivity contribution in [3.63, 3.8) is 0 Å². The van der Waals surface area contributed by atoms with Crippen LogP contribution in [0.25, 0.3) is 0 Å². The maximum absolute atomic E-state index is 12.8. The van der Waals surface area contributed by atoms with Gasteiger partial charge in [-0.1, -0.05) is 58.4 Å². The molecule has 3 heteroatoms. The van der Waals surface area contributed by atoms with E-state index in [4.69, 9.17) is 0 Å². The highest BCUT2D eigenvalue weighted by Crippen LogP contribution is 2.33. The molecule has 0 radical (unpaired) electrons. The molecule has 1 aromatic carbocycles. The van der Waals surface area contributed by atoms with Crippen LogP contribution in [0, 0.1) is 5.41 Å². The van der Waals surface area contributed by atoms with Crippen LogP contribution in [-0.2, 0) is 4.79 Å². The maximum atomic E-state index is 12.8. The van der Waals surface area contributed by atoms with Crippen LogP contribution < -0.4 is 0 Å². The Bertz CT molecular complexity index is 672. The summed E-state index contributed by atoms with van der Waals surface area (Å²) in [6, 6.07) is 6.76. The van der Waals surface area contributed by atoms with Gasteiger partial charge < -0.3 is 0 Å². The highest BCUT2D eigenvalue weighted by Gasteiger charge is 2.38. The van der Waals surface area contributed by atoms with Crippen molar-refractivity contribution in [1.82, 2.24) is 0 Å². The van der Waals surface area contributed by atoms with Crippen LogP contribution in [0.15, 0.2) is 35.4 Å². The molecule has 116 valence electrons. The van der Waals surface area contributed by atoms with Gasteiger partial charge in [-0.3, -0.25) is 14.4 Å². The maximum Gasteiger partial charge on any atom is 0.197 e. The first kappa shape index (κ1) is 16.3. The molecule has 0 N–H and O–H groups in total. The Hall–Kier alpha value is -2.03. The van der Waals surface area contributed by atoms with E-state index < -0.39 is 5.41 Å². The Morgan fingerprint density at radius 1 is 1.00 bits per heavy atom. The lowest BCUT2D eigenvalue weighted by atomic mass is 9.75. The van der Waals surface area contributed by atoms with Gasteiger partial charge in [0.15, 0.2) is 17.3 Å². The normalized spacial score (nSPS) is 15.1. The molecule has 0 unspecified atom stereocenters. The summed E-state index contributed by atoms with van der Waals surface area (Å²) in [5.41, 5.74) is 0.578. The molecule has 1 aromatic rings. The van der Waals surface area contributed by atoms with Crippen molar-refractivity contribution in [2.75, 3.05) is 0 Å². The van der Waals surface area contributed by atoms with Gasteiger partial charge in [-0.05, 0) is 12.8 Å². The van der Waals surface area contributed by atoms with Crippen molar-refractivity contribution in [3.8, 4) is 0 Å². The Labute approximate surface area is 131 Å². The fourth-order valence-electron chi connectivity index (χ4n) is 2.63. The van der Waals surface area contributed by atoms with Gasteiger partial charge in [-0.15, -0.1) is 0 Å². The van der Waals surface area contributed by atoms with E-state index in [9.17, 15) is 14.4 Å². The third kappa shape index (κ3) is 2.80. The zero-order chi connectivity index (χ0) is 16.5. The topological polar surface area (TPSA) is 51.2 Å². The molecular weight excluding hydrogens is 276 g/mol. The van der Waals surface area contributed by atoms with E-state index in [1.165, 1.54) is 0 Å². The van der Waals surface area contributed by atoms with E-state index >= 15 is 0 Å². The number of hydrogen-bond acceptors (Lipinski definition) is 3. The molecule has 0 aromatic heterocycles. The van der Waals surface area contributed by atoms with Gasteiger partial charge in [-0.25, -0.2) is 0 Å². The molecule has 0 saturated heterocycles. The van der Waals surface area contributed by atoms with Crippen LogP contribution in [0.1, 0.15) is 67.7 Å². The molecule has 3 nitrogen and oxygen atoms in total. The zero-order valence-electron chi connectivity index (χ0n) is 13.7. The highest BCUT2D eigenvalue weighted by atomic mass is 16.2. The summed E-state index contributed by atoms with van der Waals surface area (Å²) in [5, 5.41) is 0. The number of hydrogen-bond donors (Lipinski definition) is 0. The Morgan fingerprint density at radius 3 is 2.05 bits per heavy atom. The zero-order valence-corrected chi connectivity index (χ0v) is 13.7. The number of carbonyl (C=O) groups is 3. The number of carbonyl (C=O) groups excluding carboxylic acids is 3. The minimum absolute atomic E-state index is 0.102. The van der Waals surface area contributed by atoms with Crippen LogP contribution in [-0.4, -0.2) is 17.3 Å². The fourth-order valence-corrected chi connectivity index (χ4v) is 2.63. The second-order valence-electron chi connectivity index (χ2n) is 6.74. The van der Waals surface area contributed by atoms with Crippen molar-refractivity contribution in [3.05, 3.63) is 46.5 Å². The van der Waals surface area contributed by atoms with Gasteiger partial charge in [0, 0.05) is 22.1 Å². The fraction of sp³-hybridized carbons (Fsp3) is 0.421. The largest absolute Gasteiger partial charge is 0.293 e. The monoisotopic (exact) mass is 298 g/mol. The SMILES string of the molecule is CCCCC1=C(C(=O)C(C)(C)C)C(=O)c2ccccc2C1=O. The predicted molar refractivity (Wildman–Crippen MR) is 86.1 cm³/mol. The smallest absolute Gasteiger partial charge is 0.197 e. The first-order chi connectivity index (χ1) is 10.3. The lowest BCUT2D eigenvalue weighted by Crippen LogP contribution is -2.32. The van der Waals surface area contributed by atoms with Crippen LogP contribution in [0.4, 0.5) is 0 Å². The summed E-state index contributed by atoms with van der Waals surface area (Å²) < 4.78 is 0. The quantitative estimate of drug-likeness (QED) is 0.784. The molecule has 0 atom stereocenters. The lowest BCUT2D eigenvalue weighted by molar-refractivity contribution is -0.122. The molecule has 0 heterocycles. The summed E-state index contributed by atoms with van der Waals surface area (Å²) in [5.74, 6) is -0.719. The minimum atomic E-state index is -0.685. The number of Topliss-reactive ketones (excluding diaryl/α,β-unsaturated/α-hetero) is 3. The van der Waals surface area contributed by atoms with E-state index in [0.29, 0.717) is 23.1 Å². The Balaban J connectivity index is 2.63. The van der Waals surface area contributed by atoms with Crippen molar-refractivity contribution < 1.29 is 14.4 Å². The van der Waals surface area contributed by atoms with Crippen molar-refractivity contribution in [2.24, 2.45) is 5.41 Å². The molecule has 0 aliphatic heterocycles. The first-order valence-corrected chi connectivity index (χ1v) is 7.75. The van der Waals surface area contributed by atoms with E-state index in [2.05, 4.69) is 0 Å². The van der Waals surface area contributed by atoms with E-state index in [-0.39, 0.29) is 22.9 Å². The molecule has 0 saturated carbocycles. The van der Waals surface area contributed by atoms with Crippen LogP contribution in [0.5, 0.6) is 0 Å². The van der Waals surface area contributed by atoms with Gasteiger partial charge in [0.2, 0.25) is 0 Å². The number of fused-ring (bicyclic) bond motifs is 1. The highest BCUT2D eigenvalue weighted by molar-refractivity contribution is 6.37. The Morgan fingerprint density at radius 2 is 1.55 bits per heavy atom. The Kier molecular flexibility index (Phi) is 4.45. The van der Waals surface area contributed by atoms with Crippen molar-refractivity contribution >= 4 is 17.3 Å². The lowest BCUT2D eigenvalue weighted by Gasteiger charge is -2.25. The van der Waals surface area contributed by atoms with Crippen molar-refractivity contribution in [1.29, 1.82) is 0 Å². The number of unbranched alkanes of at least 4 members (excludes halogenated alkanes) is 1. The molecular formula is C19H22O3. The van der Waals surface area contributed by atoms with Gasteiger partial charge in [-0.2, -0.15) is 0 Å². The summed E-state index contributed by atoms with van der Waals surface area (Å²) in [6.07, 6.45) is 2.17. The van der Waals surface area contributed by atoms with Crippen molar-refractivity contribution in [2.45, 2.75) is 47.0 Å². The first-order valence-electron chi connectivity index (χ1n) is 7.75. The average Bonchev–Trinajstić information content (AvgIpc) is 2.48. The predicted octanol–water partition coefficient (Wildman–Crippen LogP) is 4.17. The molecule has 0 spiro atoms. The van der Waals surface area contributed by atoms with Crippen LogP contribution in [0.2, 0.25) is 0 Å². The third-order valence-corrected chi connectivity index (χ3v) is 3.91. The molecule has 0 amide bonds. The summed E-state index contributed by atoms with van der Waals surface area (Å²) in [6.45, 7) is 7.35. The number of allylic oxidation sites excluding steroid dienone is 2. The number of benzene rings is 1. The number of rotatable bonds is 4. The molecule has 1 aliphatic rings. The molecule has 0 bridgehead atoms. The minimum Gasteiger partial charge on any atom is -0.293 e. The summed E-state index contributed by atoms with van der Waals surface area (Å²) in [7, 11) is 0. The summed E-state index contributed by atoms with van der Waals surface area (Å²) in [4.78, 5) is 38.3. The standard InChI is InChI=1S/C19H22O3/c1-5-6-9-14-15(18(22)19(2,3)4)17(21)13-11-8-7-10-12(13)16(14)20/h7-8,10-11H,5-6,9H2,1-4H3. The molecule has 1 aliphatic carbocycles. The van der Waals surface area contributed by atoms with Crippen LogP contribution in [0.3, 0.4) is 0 Å². The second kappa shape index (κ2) is 5.99. The van der Waals surface area contributed by atoms with Gasteiger partial charge in [0.05, 0.1) is 5.57 Å². The van der Waals surface area contributed by atoms with E-state index in [1.807, 2.05) is 6.92 Å². The van der Waals surface area contributed by atoms with Crippen LogP contribution >= 0.6 is 0 Å². The van der Waals surface area contributed by atoms with Gasteiger partial charge in [0.1, 0.15) is 0 Å². The average molecular weight is 298 g/mol. The van der Waals surface area contributed by atoms with E-state index in [1.54, 1.807) is 45.0 Å². The van der Waals surface area contributed by atoms with E-state index in [0.717, 1.165) is 12.8 Å². The van der Waals surface area contributed by atoms with Gasteiger partial charge >= 0.3 is 0 Å². The molecule has 0 fully saturated rings. The third-order valence-electron chi connectivity index (χ3n) is 3.91. The molecule has 22 heavy (non-hydrogen) atoms. The summed E-state index contributed by atoms with van der Waals surface area (Å²) >= 11 is 0. The second-order valence-corrected chi connectivity index (χ2v) is 6.74. The molecule has 2 rings (SSSR count). The van der Waals surface area contributed by atoms with Gasteiger partial charge in [0.25, 0.3) is 0 Å². The number of ketones is 3.